The zero-order chi connectivity index (χ0) is 25.1. The second kappa shape index (κ2) is 9.72. The molecule has 0 amide bonds. The van der Waals surface area contributed by atoms with Gasteiger partial charge in [-0.05, 0) is 68.1 Å². The van der Waals surface area contributed by atoms with Crippen LogP contribution in [0, 0.1) is 0 Å². The Bertz CT molecular complexity index is 1480. The number of aromatic carboxylic acids is 2. The average Bonchev–Trinajstić information content (AvgIpc) is 2.91. The highest BCUT2D eigenvalue weighted by Crippen LogP contribution is 2.35. The Morgan fingerprint density at radius 3 is 1.03 bits per heavy atom. The number of fused-ring (bicyclic) bond motifs is 2. The van der Waals surface area contributed by atoms with Gasteiger partial charge >= 0.3 is 11.9 Å². The van der Waals surface area contributed by atoms with Crippen molar-refractivity contribution in [3.8, 4) is 0 Å². The topological polar surface area (TPSA) is 74.6 Å². The molecule has 4 heteroatoms. The van der Waals surface area contributed by atoms with Crippen LogP contribution in [0.4, 0.5) is 0 Å². The van der Waals surface area contributed by atoms with Gasteiger partial charge < -0.3 is 10.2 Å². The zero-order valence-corrected chi connectivity index (χ0v) is 19.3. The molecule has 36 heavy (non-hydrogen) atoms. The molecule has 0 fully saturated rings. The van der Waals surface area contributed by atoms with Crippen LogP contribution in [-0.2, 0) is 0 Å². The third-order valence-electron chi connectivity index (χ3n) is 6.21. The third-order valence-corrected chi connectivity index (χ3v) is 6.21. The Balaban J connectivity index is 1.62. The van der Waals surface area contributed by atoms with Crippen molar-refractivity contribution in [1.29, 1.82) is 0 Å². The molecule has 0 aromatic heterocycles. The number of hydrogen-bond donors (Lipinski definition) is 2. The highest BCUT2D eigenvalue weighted by molar-refractivity contribution is 6.14. The predicted octanol–water partition coefficient (Wildman–Crippen LogP) is 7.73. The lowest BCUT2D eigenvalue weighted by molar-refractivity contribution is 0.0686. The standard InChI is InChI=1S/C32H22O4/c33-31(34)23-15-9-21(10-16-23)13-19-29-25-5-1-2-6-26(25)30(28-8-4-3-7-27(28)29)20-14-22-11-17-24(18-12-22)32(35)36/h1-20H,(H,33,34)(H,35,36). The van der Waals surface area contributed by atoms with Gasteiger partial charge in [0.1, 0.15) is 0 Å². The average molecular weight is 471 g/mol. The van der Waals surface area contributed by atoms with E-state index in [1.165, 1.54) is 0 Å². The summed E-state index contributed by atoms with van der Waals surface area (Å²) in [5, 5.41) is 22.7. The largest absolute Gasteiger partial charge is 0.478 e. The van der Waals surface area contributed by atoms with E-state index in [4.69, 9.17) is 10.2 Å². The number of hydrogen-bond acceptors (Lipinski definition) is 2. The molecular weight excluding hydrogens is 448 g/mol. The highest BCUT2D eigenvalue weighted by atomic mass is 16.4. The summed E-state index contributed by atoms with van der Waals surface area (Å²) in [7, 11) is 0. The lowest BCUT2D eigenvalue weighted by atomic mass is 9.90. The Morgan fingerprint density at radius 1 is 0.444 bits per heavy atom. The molecule has 174 valence electrons. The van der Waals surface area contributed by atoms with Crippen LogP contribution in [0.1, 0.15) is 43.0 Å². The fraction of sp³-hybridized carbons (Fsp3) is 0. The number of carbonyl (C=O) groups is 2. The van der Waals surface area contributed by atoms with Crippen molar-refractivity contribution in [3.63, 3.8) is 0 Å². The SMILES string of the molecule is O=C(O)c1ccc(C=Cc2c3ccccc3c(C=Cc3ccc(C(=O)O)cc3)c3ccccc23)cc1. The van der Waals surface area contributed by atoms with Crippen LogP contribution < -0.4 is 0 Å². The van der Waals surface area contributed by atoms with Crippen molar-refractivity contribution in [2.45, 2.75) is 0 Å². The van der Waals surface area contributed by atoms with E-state index in [-0.39, 0.29) is 11.1 Å². The van der Waals surface area contributed by atoms with Crippen LogP contribution >= 0.6 is 0 Å². The summed E-state index contributed by atoms with van der Waals surface area (Å²) in [6.07, 6.45) is 8.16. The van der Waals surface area contributed by atoms with E-state index in [2.05, 4.69) is 36.4 Å². The van der Waals surface area contributed by atoms with Gasteiger partial charge in [0.05, 0.1) is 11.1 Å². The predicted molar refractivity (Wildman–Crippen MR) is 146 cm³/mol. The molecule has 2 N–H and O–H groups in total. The molecule has 0 radical (unpaired) electrons. The molecule has 0 aliphatic heterocycles. The van der Waals surface area contributed by atoms with Crippen molar-refractivity contribution in [2.75, 3.05) is 0 Å². The summed E-state index contributed by atoms with van der Waals surface area (Å²) < 4.78 is 0. The number of carboxylic acid groups (broad SMARTS) is 2. The van der Waals surface area contributed by atoms with Gasteiger partial charge in [-0.2, -0.15) is 0 Å². The monoisotopic (exact) mass is 470 g/mol. The third kappa shape index (κ3) is 4.52. The van der Waals surface area contributed by atoms with E-state index in [9.17, 15) is 9.59 Å². The van der Waals surface area contributed by atoms with Crippen molar-refractivity contribution in [3.05, 3.63) is 130 Å². The minimum Gasteiger partial charge on any atom is -0.478 e. The Kier molecular flexibility index (Phi) is 6.16. The van der Waals surface area contributed by atoms with E-state index in [1.807, 2.05) is 36.4 Å². The van der Waals surface area contributed by atoms with Crippen LogP contribution in [0.3, 0.4) is 0 Å². The summed E-state index contributed by atoms with van der Waals surface area (Å²) in [6.45, 7) is 0. The summed E-state index contributed by atoms with van der Waals surface area (Å²) >= 11 is 0. The number of rotatable bonds is 6. The van der Waals surface area contributed by atoms with Gasteiger partial charge in [-0.15, -0.1) is 0 Å². The van der Waals surface area contributed by atoms with Gasteiger partial charge in [-0.1, -0.05) is 97.1 Å². The molecule has 0 atom stereocenters. The van der Waals surface area contributed by atoms with E-state index in [0.29, 0.717) is 0 Å². The summed E-state index contributed by atoms with van der Waals surface area (Å²) in [6, 6.07) is 30.1. The van der Waals surface area contributed by atoms with E-state index in [0.717, 1.165) is 43.8 Å². The van der Waals surface area contributed by atoms with Crippen LogP contribution in [0.25, 0.3) is 45.8 Å². The molecule has 0 saturated heterocycles. The summed E-state index contributed by atoms with van der Waals surface area (Å²) in [4.78, 5) is 22.3. The van der Waals surface area contributed by atoms with E-state index < -0.39 is 11.9 Å². The lowest BCUT2D eigenvalue weighted by Gasteiger charge is -2.13. The maximum atomic E-state index is 11.2. The van der Waals surface area contributed by atoms with Crippen LogP contribution in [-0.4, -0.2) is 22.2 Å². The molecule has 0 unspecified atom stereocenters. The fourth-order valence-electron chi connectivity index (χ4n) is 4.39. The van der Waals surface area contributed by atoms with E-state index in [1.54, 1.807) is 48.5 Å². The molecule has 0 saturated carbocycles. The van der Waals surface area contributed by atoms with Gasteiger partial charge in [0.25, 0.3) is 0 Å². The first kappa shape index (κ1) is 22.8. The smallest absolute Gasteiger partial charge is 0.335 e. The van der Waals surface area contributed by atoms with Gasteiger partial charge in [0.15, 0.2) is 0 Å². The minimum absolute atomic E-state index is 0.261. The Labute approximate surface area is 208 Å². The lowest BCUT2D eigenvalue weighted by Crippen LogP contribution is -1.94. The summed E-state index contributed by atoms with van der Waals surface area (Å²) in [5.41, 5.74) is 4.54. The maximum absolute atomic E-state index is 11.2. The van der Waals surface area contributed by atoms with Crippen molar-refractivity contribution in [2.24, 2.45) is 0 Å². The van der Waals surface area contributed by atoms with Crippen LogP contribution in [0.15, 0.2) is 97.1 Å². The first-order chi connectivity index (χ1) is 17.5. The zero-order valence-electron chi connectivity index (χ0n) is 19.3. The molecule has 5 rings (SSSR count). The maximum Gasteiger partial charge on any atom is 0.335 e. The second-order valence-corrected chi connectivity index (χ2v) is 8.44. The fourth-order valence-corrected chi connectivity index (χ4v) is 4.39. The highest BCUT2D eigenvalue weighted by Gasteiger charge is 2.11. The van der Waals surface area contributed by atoms with Gasteiger partial charge in [0, 0.05) is 0 Å². The van der Waals surface area contributed by atoms with Crippen LogP contribution in [0.2, 0.25) is 0 Å². The minimum atomic E-state index is -0.941. The van der Waals surface area contributed by atoms with Crippen molar-refractivity contribution in [1.82, 2.24) is 0 Å². The quantitative estimate of drug-likeness (QED) is 0.197. The second-order valence-electron chi connectivity index (χ2n) is 8.44. The first-order valence-electron chi connectivity index (χ1n) is 11.5. The Morgan fingerprint density at radius 2 is 0.750 bits per heavy atom. The van der Waals surface area contributed by atoms with Crippen LogP contribution in [0.5, 0.6) is 0 Å². The molecule has 0 bridgehead atoms. The number of carboxylic acids is 2. The molecule has 5 aromatic carbocycles. The van der Waals surface area contributed by atoms with Crippen molar-refractivity contribution < 1.29 is 19.8 Å². The van der Waals surface area contributed by atoms with Gasteiger partial charge in [-0.25, -0.2) is 9.59 Å². The molecule has 4 nitrogen and oxygen atoms in total. The normalized spacial score (nSPS) is 11.6. The Hall–Kier alpha value is -4.96. The van der Waals surface area contributed by atoms with Gasteiger partial charge in [-0.3, -0.25) is 0 Å². The molecule has 0 spiro atoms. The molecule has 5 aromatic rings. The van der Waals surface area contributed by atoms with Gasteiger partial charge in [0.2, 0.25) is 0 Å². The summed E-state index contributed by atoms with van der Waals surface area (Å²) in [5.74, 6) is -1.88. The molecular formula is C32H22O4. The molecule has 0 aliphatic carbocycles. The number of benzene rings is 5. The first-order valence-corrected chi connectivity index (χ1v) is 11.5. The molecule has 0 aliphatic rings. The van der Waals surface area contributed by atoms with E-state index >= 15 is 0 Å². The molecule has 0 heterocycles. The van der Waals surface area contributed by atoms with Crippen molar-refractivity contribution >= 4 is 57.8 Å².